The lowest BCUT2D eigenvalue weighted by molar-refractivity contribution is -0.136. The van der Waals surface area contributed by atoms with E-state index in [9.17, 15) is 14.4 Å². The Labute approximate surface area is 298 Å². The highest BCUT2D eigenvalue weighted by Crippen LogP contribution is 2.36. The van der Waals surface area contributed by atoms with Crippen LogP contribution in [0.3, 0.4) is 0 Å². The van der Waals surface area contributed by atoms with Crippen molar-refractivity contribution in [1.29, 1.82) is 0 Å². The van der Waals surface area contributed by atoms with E-state index in [1.54, 1.807) is 35.9 Å². The number of thiazole rings is 1. The van der Waals surface area contributed by atoms with Crippen molar-refractivity contribution in [1.82, 2.24) is 14.3 Å². The summed E-state index contributed by atoms with van der Waals surface area (Å²) in [5, 5.41) is 4.94. The van der Waals surface area contributed by atoms with E-state index >= 15 is 0 Å². The first-order chi connectivity index (χ1) is 24.6. The van der Waals surface area contributed by atoms with Crippen molar-refractivity contribution < 1.29 is 28.5 Å². The third-order valence-electron chi connectivity index (χ3n) is 8.33. The zero-order chi connectivity index (χ0) is 36.2. The van der Waals surface area contributed by atoms with Crippen molar-refractivity contribution in [2.24, 2.45) is 10.9 Å². The zero-order valence-electron chi connectivity index (χ0n) is 29.2. The third kappa shape index (κ3) is 7.41. The van der Waals surface area contributed by atoms with E-state index in [4.69, 9.17) is 24.0 Å². The van der Waals surface area contributed by atoms with Gasteiger partial charge in [-0.1, -0.05) is 49.4 Å². The van der Waals surface area contributed by atoms with Crippen LogP contribution in [0.4, 0.5) is 0 Å². The summed E-state index contributed by atoms with van der Waals surface area (Å²) in [6.45, 7) is 7.95. The Kier molecular flexibility index (Phi) is 10.3. The molecular weight excluding hydrogens is 669 g/mol. The van der Waals surface area contributed by atoms with Crippen LogP contribution in [0.1, 0.15) is 51.3 Å². The maximum absolute atomic E-state index is 14.4. The van der Waals surface area contributed by atoms with Gasteiger partial charge in [-0.05, 0) is 79.4 Å². The number of rotatable bonds is 11. The minimum atomic E-state index is -0.897. The number of ether oxygens (including phenoxy) is 4. The number of carbonyl (C=O) groups excluding carboxylic acids is 2. The number of aromatic nitrogens is 3. The van der Waals surface area contributed by atoms with Gasteiger partial charge in [-0.3, -0.25) is 14.2 Å². The molecule has 0 bridgehead atoms. The molecule has 0 spiro atoms. The summed E-state index contributed by atoms with van der Waals surface area (Å²) in [6, 6.07) is 21.5. The molecule has 3 heterocycles. The van der Waals surface area contributed by atoms with Gasteiger partial charge in [-0.25, -0.2) is 14.5 Å². The van der Waals surface area contributed by atoms with E-state index in [0.29, 0.717) is 44.4 Å². The molecule has 0 radical (unpaired) electrons. The molecule has 1 atom stereocenters. The second kappa shape index (κ2) is 15.0. The second-order valence-electron chi connectivity index (χ2n) is 12.3. The molecule has 51 heavy (non-hydrogen) atoms. The van der Waals surface area contributed by atoms with Gasteiger partial charge in [0.2, 0.25) is 0 Å². The number of nitrogens with zero attached hydrogens (tertiary/aromatic N) is 4. The number of carbonyl (C=O) groups is 2. The van der Waals surface area contributed by atoms with Crippen molar-refractivity contribution in [3.63, 3.8) is 0 Å². The molecule has 0 saturated heterocycles. The van der Waals surface area contributed by atoms with Crippen molar-refractivity contribution in [2.75, 3.05) is 20.8 Å². The SMILES string of the molecule is COC(=O)C1=C(C)N=c2s/c(=C/c3cn(-c4ccccc4)nc3-c3ccc(OCCC(C)C)cc3)c(=O)n2C1c1ccc(OC(C)=O)c(OC)c1. The standard InChI is InChI=1S/C39H38N4O7S/c1-23(2)18-19-49-30-15-12-26(13-16-30)35-28(22-42(41-35)29-10-8-7-9-11-29)21-33-37(45)43-36(34(38(46)48-6)24(3)40-39(43)51-33)27-14-17-31(50-25(4)44)32(20-27)47-5/h7-17,20-23,36H,18-19H2,1-6H3/b33-21+. The fraction of sp³-hybridized carbons (Fsp3) is 0.256. The first-order valence-corrected chi connectivity index (χ1v) is 17.2. The highest BCUT2D eigenvalue weighted by molar-refractivity contribution is 7.07. The van der Waals surface area contributed by atoms with Gasteiger partial charge in [0.25, 0.3) is 5.56 Å². The molecule has 2 aromatic heterocycles. The van der Waals surface area contributed by atoms with Crippen LogP contribution in [0.25, 0.3) is 23.0 Å². The minimum absolute atomic E-state index is 0.201. The van der Waals surface area contributed by atoms with Gasteiger partial charge < -0.3 is 18.9 Å². The molecule has 1 aliphatic rings. The quantitative estimate of drug-likeness (QED) is 0.128. The fourth-order valence-corrected chi connectivity index (χ4v) is 6.83. The topological polar surface area (TPSA) is 123 Å². The van der Waals surface area contributed by atoms with Gasteiger partial charge in [-0.15, -0.1) is 0 Å². The predicted molar refractivity (Wildman–Crippen MR) is 194 cm³/mol. The van der Waals surface area contributed by atoms with E-state index < -0.39 is 18.0 Å². The Balaban J connectivity index is 1.49. The lowest BCUT2D eigenvalue weighted by Gasteiger charge is -2.25. The van der Waals surface area contributed by atoms with E-state index in [2.05, 4.69) is 18.8 Å². The first kappa shape index (κ1) is 35.1. The summed E-state index contributed by atoms with van der Waals surface area (Å²) in [5.74, 6) is 0.646. The molecule has 262 valence electrons. The number of esters is 2. The molecule has 6 rings (SSSR count). The van der Waals surface area contributed by atoms with Crippen molar-refractivity contribution in [2.45, 2.75) is 40.2 Å². The monoisotopic (exact) mass is 706 g/mol. The molecule has 1 aliphatic heterocycles. The smallest absolute Gasteiger partial charge is 0.338 e. The maximum Gasteiger partial charge on any atom is 0.338 e. The number of allylic oxidation sites excluding steroid dienone is 1. The van der Waals surface area contributed by atoms with E-state index in [1.807, 2.05) is 60.8 Å². The summed E-state index contributed by atoms with van der Waals surface area (Å²) < 4.78 is 25.6. The third-order valence-corrected chi connectivity index (χ3v) is 9.31. The van der Waals surface area contributed by atoms with Crippen LogP contribution in [0.5, 0.6) is 17.2 Å². The number of hydrogen-bond acceptors (Lipinski definition) is 10. The van der Waals surface area contributed by atoms with Crippen LogP contribution in [0.15, 0.2) is 100 Å². The van der Waals surface area contributed by atoms with Crippen LogP contribution in [-0.4, -0.2) is 47.1 Å². The van der Waals surface area contributed by atoms with Gasteiger partial charge in [0.15, 0.2) is 16.3 Å². The highest BCUT2D eigenvalue weighted by atomic mass is 32.1. The van der Waals surface area contributed by atoms with Gasteiger partial charge in [-0.2, -0.15) is 5.10 Å². The van der Waals surface area contributed by atoms with Crippen molar-refractivity contribution in [3.05, 3.63) is 121 Å². The van der Waals surface area contributed by atoms with Crippen LogP contribution in [-0.2, 0) is 14.3 Å². The molecule has 5 aromatic rings. The van der Waals surface area contributed by atoms with Gasteiger partial charge in [0, 0.05) is 24.2 Å². The molecule has 1 unspecified atom stereocenters. The minimum Gasteiger partial charge on any atom is -0.494 e. The van der Waals surface area contributed by atoms with E-state index in [0.717, 1.165) is 23.4 Å². The van der Waals surface area contributed by atoms with Gasteiger partial charge >= 0.3 is 11.9 Å². The average molecular weight is 707 g/mol. The Hall–Kier alpha value is -5.75. The van der Waals surface area contributed by atoms with Gasteiger partial charge in [0.05, 0.1) is 48.4 Å². The average Bonchev–Trinajstić information content (AvgIpc) is 3.68. The zero-order valence-corrected chi connectivity index (χ0v) is 30.0. The summed E-state index contributed by atoms with van der Waals surface area (Å²) >= 11 is 1.21. The Morgan fingerprint density at radius 3 is 2.41 bits per heavy atom. The normalized spacial score (nSPS) is 14.3. The van der Waals surface area contributed by atoms with Crippen LogP contribution in [0, 0.1) is 5.92 Å². The molecule has 0 saturated carbocycles. The van der Waals surface area contributed by atoms with E-state index in [-0.39, 0.29) is 22.6 Å². The molecule has 3 aromatic carbocycles. The molecule has 0 amide bonds. The largest absolute Gasteiger partial charge is 0.494 e. The number of fused-ring (bicyclic) bond motifs is 1. The summed E-state index contributed by atoms with van der Waals surface area (Å²) in [7, 11) is 2.73. The second-order valence-corrected chi connectivity index (χ2v) is 13.4. The molecule has 0 fully saturated rings. The molecule has 0 aliphatic carbocycles. The molecule has 11 nitrogen and oxygen atoms in total. The van der Waals surface area contributed by atoms with Crippen LogP contribution >= 0.6 is 11.3 Å². The van der Waals surface area contributed by atoms with Crippen molar-refractivity contribution >= 4 is 29.4 Å². The maximum atomic E-state index is 14.4. The lowest BCUT2D eigenvalue weighted by Crippen LogP contribution is -2.39. The summed E-state index contributed by atoms with van der Waals surface area (Å²) in [4.78, 5) is 44.4. The predicted octanol–water partition coefficient (Wildman–Crippen LogP) is 5.62. The summed E-state index contributed by atoms with van der Waals surface area (Å²) in [6.07, 6.45) is 4.65. The Morgan fingerprint density at radius 1 is 1.00 bits per heavy atom. The summed E-state index contributed by atoms with van der Waals surface area (Å²) in [5.41, 5.74) is 3.89. The molecule has 0 N–H and O–H groups in total. The number of methoxy groups -OCH3 is 2. The Morgan fingerprint density at radius 2 is 1.75 bits per heavy atom. The Bertz CT molecular complexity index is 2300. The van der Waals surface area contributed by atoms with Gasteiger partial charge in [0.1, 0.15) is 11.4 Å². The van der Waals surface area contributed by atoms with Crippen molar-refractivity contribution in [3.8, 4) is 34.2 Å². The number of benzene rings is 3. The first-order valence-electron chi connectivity index (χ1n) is 16.4. The molecule has 12 heteroatoms. The number of para-hydroxylation sites is 1. The van der Waals surface area contributed by atoms with E-state index in [1.165, 1.54) is 37.0 Å². The van der Waals surface area contributed by atoms with Crippen LogP contribution in [0.2, 0.25) is 0 Å². The van der Waals surface area contributed by atoms with Crippen LogP contribution < -0.4 is 29.1 Å². The fourth-order valence-electron chi connectivity index (χ4n) is 5.79. The lowest BCUT2D eigenvalue weighted by atomic mass is 9.95. The number of hydrogen-bond donors (Lipinski definition) is 0. The molecular formula is C39H38N4O7S. The highest BCUT2D eigenvalue weighted by Gasteiger charge is 2.34.